The van der Waals surface area contributed by atoms with Crippen molar-refractivity contribution in [1.29, 1.82) is 0 Å². The van der Waals surface area contributed by atoms with Crippen LogP contribution in [-0.2, 0) is 9.59 Å². The van der Waals surface area contributed by atoms with Crippen molar-refractivity contribution in [1.82, 2.24) is 5.32 Å². The Bertz CT molecular complexity index is 254. The van der Waals surface area contributed by atoms with Gasteiger partial charge in [-0.1, -0.05) is 15.9 Å². The van der Waals surface area contributed by atoms with Gasteiger partial charge in [-0.15, -0.1) is 0 Å². The molecule has 0 unspecified atom stereocenters. The summed E-state index contributed by atoms with van der Waals surface area (Å²) in [6.07, 6.45) is -1.37. The molecule has 0 aromatic rings. The van der Waals surface area contributed by atoms with Crippen molar-refractivity contribution in [3.05, 3.63) is 0 Å². The first-order chi connectivity index (χ1) is 6.52. The van der Waals surface area contributed by atoms with Crippen LogP contribution < -0.4 is 5.32 Å². The molecule has 1 fully saturated rings. The summed E-state index contributed by atoms with van der Waals surface area (Å²) in [4.78, 5) is 22.1. The minimum atomic E-state index is -3.06. The molecule has 0 aliphatic heterocycles. The van der Waals surface area contributed by atoms with Crippen LogP contribution in [0, 0.1) is 0 Å². The van der Waals surface area contributed by atoms with Crippen LogP contribution in [0.3, 0.4) is 0 Å². The molecule has 1 aliphatic carbocycles. The Hall–Kier alpha value is -0.520. The quantitative estimate of drug-likeness (QED) is 0.781. The monoisotopic (exact) mass is 269 g/mol. The Morgan fingerprint density at radius 3 is 2.29 bits per heavy atom. The second-order valence-electron chi connectivity index (χ2n) is 3.28. The molecule has 0 aromatic heterocycles. The number of carbonyl (C=O) groups excluding carboxylic acids is 2. The Labute approximate surface area is 88.4 Å². The standard InChI is InChI=1S/C8H10BrF2NO2/c9-4-5(13)8(2-1-3-8)12-7(14)6(10)11/h6H,1-4H2,(H,12,14). The minimum absolute atomic E-state index is 0.0799. The van der Waals surface area contributed by atoms with Crippen molar-refractivity contribution in [3.8, 4) is 0 Å². The van der Waals surface area contributed by atoms with Crippen molar-refractivity contribution in [2.45, 2.75) is 31.2 Å². The molecular formula is C8H10BrF2NO2. The molecule has 0 spiro atoms. The van der Waals surface area contributed by atoms with Crippen molar-refractivity contribution in [2.24, 2.45) is 0 Å². The van der Waals surface area contributed by atoms with Crippen LogP contribution in [0.1, 0.15) is 19.3 Å². The van der Waals surface area contributed by atoms with Crippen molar-refractivity contribution in [3.63, 3.8) is 0 Å². The van der Waals surface area contributed by atoms with Crippen molar-refractivity contribution >= 4 is 27.6 Å². The average molecular weight is 270 g/mol. The molecule has 0 saturated heterocycles. The van der Waals surface area contributed by atoms with E-state index in [-0.39, 0.29) is 11.1 Å². The third-order valence-corrected chi connectivity index (χ3v) is 2.93. The molecule has 1 amide bonds. The number of rotatable bonds is 4. The highest BCUT2D eigenvalue weighted by atomic mass is 79.9. The predicted molar refractivity (Wildman–Crippen MR) is 49.5 cm³/mol. The zero-order chi connectivity index (χ0) is 10.8. The maximum Gasteiger partial charge on any atom is 0.315 e. The van der Waals surface area contributed by atoms with Gasteiger partial charge in [0.15, 0.2) is 5.78 Å². The number of ketones is 1. The number of hydrogen-bond donors (Lipinski definition) is 1. The third-order valence-electron chi connectivity index (χ3n) is 2.42. The number of Topliss-reactive ketones (excluding diaryl/α,β-unsaturated/α-hetero) is 1. The van der Waals surface area contributed by atoms with E-state index in [1.54, 1.807) is 0 Å². The van der Waals surface area contributed by atoms with Gasteiger partial charge in [0.05, 0.1) is 10.9 Å². The van der Waals surface area contributed by atoms with Gasteiger partial charge in [0.1, 0.15) is 0 Å². The van der Waals surface area contributed by atoms with Crippen LogP contribution in [0.5, 0.6) is 0 Å². The summed E-state index contributed by atoms with van der Waals surface area (Å²) in [6, 6.07) is 0. The molecule has 6 heteroatoms. The van der Waals surface area contributed by atoms with E-state index >= 15 is 0 Å². The zero-order valence-corrected chi connectivity index (χ0v) is 8.94. The first kappa shape index (κ1) is 11.6. The Morgan fingerprint density at radius 1 is 1.43 bits per heavy atom. The van der Waals surface area contributed by atoms with Gasteiger partial charge in [-0.05, 0) is 19.3 Å². The van der Waals surface area contributed by atoms with Crippen LogP contribution >= 0.6 is 15.9 Å². The second kappa shape index (κ2) is 4.33. The molecule has 0 aromatic carbocycles. The average Bonchev–Trinajstić information content (AvgIpc) is 2.09. The predicted octanol–water partition coefficient (Wildman–Crippen LogP) is 1.25. The summed E-state index contributed by atoms with van der Waals surface area (Å²) < 4.78 is 23.9. The molecule has 1 N–H and O–H groups in total. The summed E-state index contributed by atoms with van der Waals surface area (Å²) in [6.45, 7) is 0. The minimum Gasteiger partial charge on any atom is -0.339 e. The lowest BCUT2D eigenvalue weighted by Crippen LogP contribution is -2.60. The van der Waals surface area contributed by atoms with E-state index in [4.69, 9.17) is 0 Å². The lowest BCUT2D eigenvalue weighted by atomic mass is 9.74. The molecule has 1 aliphatic rings. The van der Waals surface area contributed by atoms with Crippen LogP contribution in [0.15, 0.2) is 0 Å². The Kier molecular flexibility index (Phi) is 3.58. The van der Waals surface area contributed by atoms with Gasteiger partial charge in [0.2, 0.25) is 0 Å². The van der Waals surface area contributed by atoms with Crippen LogP contribution in [0.4, 0.5) is 8.78 Å². The molecule has 80 valence electrons. The first-order valence-electron chi connectivity index (χ1n) is 4.21. The smallest absolute Gasteiger partial charge is 0.315 e. The van der Waals surface area contributed by atoms with Gasteiger partial charge in [-0.2, -0.15) is 8.78 Å². The fraction of sp³-hybridized carbons (Fsp3) is 0.750. The lowest BCUT2D eigenvalue weighted by molar-refractivity contribution is -0.140. The molecule has 14 heavy (non-hydrogen) atoms. The number of carbonyl (C=O) groups is 2. The number of alkyl halides is 3. The normalized spacial score (nSPS) is 18.9. The van der Waals surface area contributed by atoms with Gasteiger partial charge in [0, 0.05) is 0 Å². The summed E-state index contributed by atoms with van der Waals surface area (Å²) in [5, 5.41) is 2.19. The molecule has 3 nitrogen and oxygen atoms in total. The molecule has 0 atom stereocenters. The Morgan fingerprint density at radius 2 is 2.00 bits per heavy atom. The van der Waals surface area contributed by atoms with E-state index in [1.807, 2.05) is 0 Å². The van der Waals surface area contributed by atoms with E-state index < -0.39 is 17.9 Å². The number of hydrogen-bond acceptors (Lipinski definition) is 2. The molecular weight excluding hydrogens is 260 g/mol. The topological polar surface area (TPSA) is 46.2 Å². The van der Waals surface area contributed by atoms with Crippen LogP contribution in [0.25, 0.3) is 0 Å². The highest BCUT2D eigenvalue weighted by Gasteiger charge is 2.45. The van der Waals surface area contributed by atoms with Gasteiger partial charge >= 0.3 is 6.43 Å². The van der Waals surface area contributed by atoms with Gasteiger partial charge in [-0.3, -0.25) is 9.59 Å². The summed E-state index contributed by atoms with van der Waals surface area (Å²) in [5.41, 5.74) is -1.03. The molecule has 0 bridgehead atoms. The number of halogens is 3. The SMILES string of the molecule is O=C(NC1(C(=O)CBr)CCC1)C(F)F. The fourth-order valence-electron chi connectivity index (χ4n) is 1.42. The molecule has 1 saturated carbocycles. The van der Waals surface area contributed by atoms with E-state index in [9.17, 15) is 18.4 Å². The summed E-state index contributed by atoms with van der Waals surface area (Å²) in [5.74, 6) is -1.60. The van der Waals surface area contributed by atoms with Crippen LogP contribution in [-0.4, -0.2) is 29.0 Å². The summed E-state index contributed by atoms with van der Waals surface area (Å²) in [7, 11) is 0. The Balaban J connectivity index is 2.63. The van der Waals surface area contributed by atoms with Gasteiger partial charge in [-0.25, -0.2) is 0 Å². The fourth-order valence-corrected chi connectivity index (χ4v) is 1.96. The van der Waals surface area contributed by atoms with E-state index in [2.05, 4.69) is 21.2 Å². The number of nitrogens with one attached hydrogen (secondary N) is 1. The molecule has 0 heterocycles. The maximum absolute atomic E-state index is 12.0. The van der Waals surface area contributed by atoms with E-state index in [0.29, 0.717) is 12.8 Å². The number of amides is 1. The molecule has 1 rings (SSSR count). The lowest BCUT2D eigenvalue weighted by Gasteiger charge is -2.40. The van der Waals surface area contributed by atoms with E-state index in [1.165, 1.54) is 0 Å². The second-order valence-corrected chi connectivity index (χ2v) is 3.84. The van der Waals surface area contributed by atoms with Crippen LogP contribution in [0.2, 0.25) is 0 Å². The first-order valence-corrected chi connectivity index (χ1v) is 5.33. The highest BCUT2D eigenvalue weighted by molar-refractivity contribution is 9.09. The third kappa shape index (κ3) is 2.10. The van der Waals surface area contributed by atoms with Crippen molar-refractivity contribution in [2.75, 3.05) is 5.33 Å². The van der Waals surface area contributed by atoms with E-state index in [0.717, 1.165) is 6.42 Å². The molecule has 0 radical (unpaired) electrons. The van der Waals surface area contributed by atoms with Crippen molar-refractivity contribution < 1.29 is 18.4 Å². The highest BCUT2D eigenvalue weighted by Crippen LogP contribution is 2.33. The largest absolute Gasteiger partial charge is 0.339 e. The van der Waals surface area contributed by atoms with Gasteiger partial charge < -0.3 is 5.32 Å². The van der Waals surface area contributed by atoms with Gasteiger partial charge in [0.25, 0.3) is 5.91 Å². The summed E-state index contributed by atoms with van der Waals surface area (Å²) >= 11 is 2.96. The zero-order valence-electron chi connectivity index (χ0n) is 7.36. The maximum atomic E-state index is 12.0.